The van der Waals surface area contributed by atoms with Gasteiger partial charge in [-0.25, -0.2) is 0 Å². The molecule has 2 rings (SSSR count). The van der Waals surface area contributed by atoms with Crippen LogP contribution in [0.1, 0.15) is 23.5 Å². The third kappa shape index (κ3) is 1.73. The molecule has 70 valence electrons. The maximum absolute atomic E-state index is 12.2. The highest BCUT2D eigenvalue weighted by Crippen LogP contribution is 2.47. The van der Waals surface area contributed by atoms with E-state index in [1.54, 1.807) is 0 Å². The lowest BCUT2D eigenvalue weighted by molar-refractivity contribution is 0.452. The minimum atomic E-state index is -0.177. The van der Waals surface area contributed by atoms with Gasteiger partial charge in [0, 0.05) is 6.54 Å². The summed E-state index contributed by atoms with van der Waals surface area (Å²) in [7, 11) is 0. The van der Waals surface area contributed by atoms with Gasteiger partial charge in [0.25, 0.3) is 0 Å². The van der Waals surface area contributed by atoms with Crippen molar-refractivity contribution >= 4 is 0 Å². The van der Waals surface area contributed by atoms with Crippen LogP contribution < -0.4 is 5.73 Å². The Morgan fingerprint density at radius 3 is 2.46 bits per heavy atom. The molecular weight excluding hydrogens is 165 g/mol. The Hall–Kier alpha value is -0.890. The fourth-order valence-corrected chi connectivity index (χ4v) is 1.73. The van der Waals surface area contributed by atoms with Crippen LogP contribution in [0.4, 0.5) is 4.39 Å². The van der Waals surface area contributed by atoms with Crippen LogP contribution in [0.2, 0.25) is 0 Å². The molecule has 1 aliphatic carbocycles. The summed E-state index contributed by atoms with van der Waals surface area (Å²) in [5, 5.41) is 0. The first-order valence-corrected chi connectivity index (χ1v) is 4.70. The summed E-state index contributed by atoms with van der Waals surface area (Å²) in [6.45, 7) is 0.404. The van der Waals surface area contributed by atoms with Gasteiger partial charge in [-0.3, -0.25) is 4.39 Å². The van der Waals surface area contributed by atoms with Crippen molar-refractivity contribution in [2.75, 3.05) is 6.67 Å². The van der Waals surface area contributed by atoms with E-state index in [1.807, 2.05) is 12.1 Å². The van der Waals surface area contributed by atoms with E-state index in [0.29, 0.717) is 12.5 Å². The van der Waals surface area contributed by atoms with Gasteiger partial charge in [0.2, 0.25) is 0 Å². The summed E-state index contributed by atoms with van der Waals surface area (Å²) in [6.07, 6.45) is 1.01. The second-order valence-electron chi connectivity index (χ2n) is 3.70. The van der Waals surface area contributed by atoms with Crippen molar-refractivity contribution in [2.45, 2.75) is 18.9 Å². The molecule has 0 amide bonds. The van der Waals surface area contributed by atoms with E-state index in [1.165, 1.54) is 5.56 Å². The van der Waals surface area contributed by atoms with Crippen molar-refractivity contribution in [3.8, 4) is 0 Å². The number of halogens is 1. The van der Waals surface area contributed by atoms with Crippen LogP contribution >= 0.6 is 0 Å². The van der Waals surface area contributed by atoms with Crippen LogP contribution in [0.5, 0.6) is 0 Å². The number of alkyl halides is 1. The maximum Gasteiger partial charge on any atom is 0.0928 e. The Kier molecular flexibility index (Phi) is 2.32. The first-order valence-electron chi connectivity index (χ1n) is 4.70. The summed E-state index contributed by atoms with van der Waals surface area (Å²) < 4.78 is 12.2. The van der Waals surface area contributed by atoms with Crippen molar-refractivity contribution in [3.05, 3.63) is 35.4 Å². The largest absolute Gasteiger partial charge is 0.326 e. The zero-order valence-electron chi connectivity index (χ0n) is 7.54. The number of hydrogen-bond donors (Lipinski definition) is 1. The quantitative estimate of drug-likeness (QED) is 0.756. The third-order valence-electron chi connectivity index (χ3n) is 2.76. The van der Waals surface area contributed by atoms with Crippen molar-refractivity contribution in [2.24, 2.45) is 11.7 Å². The Morgan fingerprint density at radius 1 is 1.31 bits per heavy atom. The van der Waals surface area contributed by atoms with Gasteiger partial charge in [0.05, 0.1) is 6.67 Å². The molecule has 1 aliphatic rings. The van der Waals surface area contributed by atoms with E-state index in [-0.39, 0.29) is 12.6 Å². The first-order chi connectivity index (χ1) is 6.35. The molecule has 2 N–H and O–H groups in total. The first kappa shape index (κ1) is 8.70. The van der Waals surface area contributed by atoms with Crippen molar-refractivity contribution in [1.29, 1.82) is 0 Å². The molecule has 0 radical (unpaired) electrons. The molecule has 1 aromatic rings. The molecule has 1 aromatic carbocycles. The molecule has 1 fully saturated rings. The SMILES string of the molecule is NCc1ccc(C2CC2CF)cc1. The van der Waals surface area contributed by atoms with Crippen molar-refractivity contribution in [1.82, 2.24) is 0 Å². The second kappa shape index (κ2) is 3.46. The fourth-order valence-electron chi connectivity index (χ4n) is 1.73. The number of nitrogens with two attached hydrogens (primary N) is 1. The van der Waals surface area contributed by atoms with Crippen molar-refractivity contribution < 1.29 is 4.39 Å². The molecule has 0 spiro atoms. The van der Waals surface area contributed by atoms with E-state index in [0.717, 1.165) is 12.0 Å². The van der Waals surface area contributed by atoms with Crippen molar-refractivity contribution in [3.63, 3.8) is 0 Å². The summed E-state index contributed by atoms with van der Waals surface area (Å²) >= 11 is 0. The van der Waals surface area contributed by atoms with Crippen LogP contribution in [-0.4, -0.2) is 6.67 Å². The van der Waals surface area contributed by atoms with Crippen LogP contribution in [0.25, 0.3) is 0 Å². The van der Waals surface area contributed by atoms with Gasteiger partial charge >= 0.3 is 0 Å². The molecule has 2 unspecified atom stereocenters. The molecule has 2 atom stereocenters. The summed E-state index contributed by atoms with van der Waals surface area (Å²) in [6, 6.07) is 8.21. The minimum absolute atomic E-state index is 0.177. The van der Waals surface area contributed by atoms with E-state index in [2.05, 4.69) is 12.1 Å². The molecule has 1 saturated carbocycles. The third-order valence-corrected chi connectivity index (χ3v) is 2.76. The Bertz CT molecular complexity index is 281. The molecule has 0 aliphatic heterocycles. The van der Waals surface area contributed by atoms with Gasteiger partial charge in [0.1, 0.15) is 0 Å². The number of rotatable bonds is 3. The molecule has 0 saturated heterocycles. The molecule has 0 bridgehead atoms. The lowest BCUT2D eigenvalue weighted by Crippen LogP contribution is -1.95. The van der Waals surface area contributed by atoms with Crippen LogP contribution in [-0.2, 0) is 6.54 Å². The van der Waals surface area contributed by atoms with Crippen LogP contribution in [0, 0.1) is 5.92 Å². The number of benzene rings is 1. The predicted octanol–water partition coefficient (Wildman–Crippen LogP) is 2.22. The second-order valence-corrected chi connectivity index (χ2v) is 3.70. The molecule has 1 nitrogen and oxygen atoms in total. The van der Waals surface area contributed by atoms with E-state index < -0.39 is 0 Å². The van der Waals surface area contributed by atoms with Gasteiger partial charge in [-0.15, -0.1) is 0 Å². The molecule has 13 heavy (non-hydrogen) atoms. The summed E-state index contributed by atoms with van der Waals surface area (Å²) in [4.78, 5) is 0. The average molecular weight is 179 g/mol. The Labute approximate surface area is 77.8 Å². The smallest absolute Gasteiger partial charge is 0.0928 e. The summed E-state index contributed by atoms with van der Waals surface area (Å²) in [5.41, 5.74) is 7.89. The zero-order valence-corrected chi connectivity index (χ0v) is 7.54. The van der Waals surface area contributed by atoms with Gasteiger partial charge in [-0.2, -0.15) is 0 Å². The minimum Gasteiger partial charge on any atom is -0.326 e. The molecule has 0 heterocycles. The van der Waals surface area contributed by atoms with E-state index >= 15 is 0 Å². The van der Waals surface area contributed by atoms with Crippen LogP contribution in [0.3, 0.4) is 0 Å². The maximum atomic E-state index is 12.2. The van der Waals surface area contributed by atoms with Gasteiger partial charge < -0.3 is 5.73 Å². The van der Waals surface area contributed by atoms with E-state index in [4.69, 9.17) is 5.73 Å². The summed E-state index contributed by atoms with van der Waals surface area (Å²) in [5.74, 6) is 0.751. The average Bonchev–Trinajstić information content (AvgIpc) is 2.97. The highest BCUT2D eigenvalue weighted by molar-refractivity contribution is 5.29. The van der Waals surface area contributed by atoms with Gasteiger partial charge in [-0.05, 0) is 29.4 Å². The standard InChI is InChI=1S/C11H14FN/c12-6-10-5-11(10)9-3-1-8(7-13)2-4-9/h1-4,10-11H,5-7,13H2. The predicted molar refractivity (Wildman–Crippen MR) is 51.2 cm³/mol. The Morgan fingerprint density at radius 2 is 2.00 bits per heavy atom. The highest BCUT2D eigenvalue weighted by Gasteiger charge is 2.37. The zero-order chi connectivity index (χ0) is 9.26. The normalized spacial score (nSPS) is 26.0. The van der Waals surface area contributed by atoms with Gasteiger partial charge in [0.15, 0.2) is 0 Å². The lowest BCUT2D eigenvalue weighted by atomic mass is 10.1. The lowest BCUT2D eigenvalue weighted by Gasteiger charge is -2.00. The molecule has 2 heteroatoms. The van der Waals surface area contributed by atoms with E-state index in [9.17, 15) is 4.39 Å². The number of hydrogen-bond acceptors (Lipinski definition) is 1. The topological polar surface area (TPSA) is 26.0 Å². The molecular formula is C11H14FN. The monoisotopic (exact) mass is 179 g/mol. The molecule has 0 aromatic heterocycles. The fraction of sp³-hybridized carbons (Fsp3) is 0.455. The Balaban J connectivity index is 2.07. The highest BCUT2D eigenvalue weighted by atomic mass is 19.1. The van der Waals surface area contributed by atoms with Crippen LogP contribution in [0.15, 0.2) is 24.3 Å². The van der Waals surface area contributed by atoms with Gasteiger partial charge in [-0.1, -0.05) is 24.3 Å².